The maximum atomic E-state index is 12.9. The number of anilines is 1. The fraction of sp³-hybridized carbons (Fsp3) is 0.533. The number of sulfone groups is 1. The molecule has 0 atom stereocenters. The highest BCUT2D eigenvalue weighted by molar-refractivity contribution is 7.92. The summed E-state index contributed by atoms with van der Waals surface area (Å²) in [5, 5.41) is 0. The van der Waals surface area contributed by atoms with Gasteiger partial charge in [0.1, 0.15) is 0 Å². The molecular weight excluding hydrogens is 345 g/mol. The molecule has 0 N–H and O–H groups in total. The van der Waals surface area contributed by atoms with Crippen molar-refractivity contribution in [1.29, 1.82) is 0 Å². The number of halogens is 3. The first-order valence-corrected chi connectivity index (χ1v) is 8.95. The monoisotopic (exact) mass is 364 g/mol. The Morgan fingerprint density at radius 2 is 1.79 bits per heavy atom. The van der Waals surface area contributed by atoms with E-state index in [1.807, 2.05) is 13.8 Å². The Bertz CT molecular complexity index is 717. The van der Waals surface area contributed by atoms with Crippen LogP contribution < -0.4 is 4.90 Å². The summed E-state index contributed by atoms with van der Waals surface area (Å²) < 4.78 is 62.1. The van der Waals surface area contributed by atoms with Crippen molar-refractivity contribution in [3.05, 3.63) is 24.3 Å². The summed E-state index contributed by atoms with van der Waals surface area (Å²) in [6, 6.07) is 4.90. The molecule has 0 radical (unpaired) electrons. The number of para-hydroxylation sites is 1. The van der Waals surface area contributed by atoms with Crippen LogP contribution in [0.3, 0.4) is 0 Å². The van der Waals surface area contributed by atoms with Crippen LogP contribution in [0.2, 0.25) is 0 Å². The van der Waals surface area contributed by atoms with E-state index in [0.29, 0.717) is 13.1 Å². The van der Waals surface area contributed by atoms with Crippen molar-refractivity contribution in [3.8, 4) is 0 Å². The van der Waals surface area contributed by atoms with Gasteiger partial charge in [-0.2, -0.15) is 13.2 Å². The Balaban J connectivity index is 2.31. The van der Waals surface area contributed by atoms with Crippen molar-refractivity contribution in [2.45, 2.75) is 24.3 Å². The van der Waals surface area contributed by atoms with Gasteiger partial charge in [-0.1, -0.05) is 26.0 Å². The maximum absolute atomic E-state index is 12.9. The van der Waals surface area contributed by atoms with Crippen molar-refractivity contribution in [1.82, 2.24) is 4.90 Å². The molecule has 1 aromatic carbocycles. The first kappa shape index (κ1) is 18.6. The number of benzene rings is 1. The van der Waals surface area contributed by atoms with Crippen molar-refractivity contribution in [2.24, 2.45) is 5.92 Å². The number of carbonyl (C=O) groups excluding carboxylic acids is 1. The molecule has 24 heavy (non-hydrogen) atoms. The van der Waals surface area contributed by atoms with Gasteiger partial charge in [0.2, 0.25) is 5.91 Å². The topological polar surface area (TPSA) is 57.7 Å². The standard InChI is InChI=1S/C15H19F3N2O3S/c1-11(2)9-20-8-7-19(10-14(20)21)12-5-3-4-6-13(12)24(22,23)15(16,17)18/h3-6,11H,7-10H2,1-2H3. The second-order valence-electron chi connectivity index (χ2n) is 6.07. The lowest BCUT2D eigenvalue weighted by atomic mass is 10.1. The predicted octanol–water partition coefficient (Wildman–Crippen LogP) is 2.28. The van der Waals surface area contributed by atoms with E-state index in [2.05, 4.69) is 0 Å². The minimum atomic E-state index is -5.47. The van der Waals surface area contributed by atoms with Crippen molar-refractivity contribution in [2.75, 3.05) is 31.1 Å². The third kappa shape index (κ3) is 3.66. The van der Waals surface area contributed by atoms with Crippen LogP contribution in [0.5, 0.6) is 0 Å². The lowest BCUT2D eigenvalue weighted by Crippen LogP contribution is -2.51. The third-order valence-corrected chi connectivity index (χ3v) is 5.24. The third-order valence-electron chi connectivity index (χ3n) is 3.70. The molecule has 1 saturated heterocycles. The van der Waals surface area contributed by atoms with Gasteiger partial charge in [0.05, 0.1) is 17.1 Å². The Morgan fingerprint density at radius 1 is 1.17 bits per heavy atom. The smallest absolute Gasteiger partial charge is 0.359 e. The van der Waals surface area contributed by atoms with Crippen LogP contribution in [0.25, 0.3) is 0 Å². The molecule has 1 aliphatic rings. The number of nitrogens with zero attached hydrogens (tertiary/aromatic N) is 2. The molecule has 134 valence electrons. The largest absolute Gasteiger partial charge is 0.501 e. The molecule has 0 unspecified atom stereocenters. The number of amides is 1. The second kappa shape index (κ2) is 6.62. The molecule has 1 heterocycles. The Morgan fingerprint density at radius 3 is 2.33 bits per heavy atom. The summed E-state index contributed by atoms with van der Waals surface area (Å²) in [6.07, 6.45) is 0. The molecule has 0 spiro atoms. The fourth-order valence-electron chi connectivity index (χ4n) is 2.62. The highest BCUT2D eigenvalue weighted by Gasteiger charge is 2.48. The van der Waals surface area contributed by atoms with Crippen LogP contribution in [0.15, 0.2) is 29.2 Å². The summed E-state index contributed by atoms with van der Waals surface area (Å²) in [6.45, 7) is 4.97. The molecule has 1 aliphatic heterocycles. The summed E-state index contributed by atoms with van der Waals surface area (Å²) in [5.74, 6) is 0.0487. The Hall–Kier alpha value is -1.77. The van der Waals surface area contributed by atoms with Crippen LogP contribution in [-0.2, 0) is 14.6 Å². The summed E-state index contributed by atoms with van der Waals surface area (Å²) in [4.78, 5) is 14.4. The Labute approximate surface area is 139 Å². The molecule has 9 heteroatoms. The normalized spacial score (nSPS) is 16.8. The predicted molar refractivity (Wildman–Crippen MR) is 83.3 cm³/mol. The summed E-state index contributed by atoms with van der Waals surface area (Å²) in [5.41, 5.74) is -5.47. The number of piperazine rings is 1. The molecule has 0 saturated carbocycles. The number of rotatable bonds is 4. The molecule has 1 aromatic rings. The number of carbonyl (C=O) groups is 1. The lowest BCUT2D eigenvalue weighted by Gasteiger charge is -2.37. The van der Waals surface area contributed by atoms with Crippen LogP contribution in [0.4, 0.5) is 18.9 Å². The van der Waals surface area contributed by atoms with E-state index >= 15 is 0 Å². The molecule has 0 aromatic heterocycles. The van der Waals surface area contributed by atoms with E-state index in [1.54, 1.807) is 4.90 Å². The number of hydrogen-bond acceptors (Lipinski definition) is 4. The average Bonchev–Trinajstić information content (AvgIpc) is 2.48. The molecule has 1 amide bonds. The molecule has 0 aliphatic carbocycles. The highest BCUT2D eigenvalue weighted by atomic mass is 32.2. The van der Waals surface area contributed by atoms with Gasteiger partial charge >= 0.3 is 5.51 Å². The molecule has 2 rings (SSSR count). The van der Waals surface area contributed by atoms with Gasteiger partial charge < -0.3 is 9.80 Å². The van der Waals surface area contributed by atoms with Gasteiger partial charge in [-0.05, 0) is 18.1 Å². The lowest BCUT2D eigenvalue weighted by molar-refractivity contribution is -0.131. The van der Waals surface area contributed by atoms with Crippen LogP contribution >= 0.6 is 0 Å². The molecule has 1 fully saturated rings. The average molecular weight is 364 g/mol. The van der Waals surface area contributed by atoms with Crippen molar-refractivity contribution >= 4 is 21.4 Å². The summed E-state index contributed by atoms with van der Waals surface area (Å²) in [7, 11) is -5.47. The SMILES string of the molecule is CC(C)CN1CCN(c2ccccc2S(=O)(=O)C(F)(F)F)CC1=O. The first-order chi connectivity index (χ1) is 11.0. The van der Waals surface area contributed by atoms with E-state index in [9.17, 15) is 26.4 Å². The fourth-order valence-corrected chi connectivity index (χ4v) is 3.60. The zero-order chi connectivity index (χ0) is 18.1. The zero-order valence-corrected chi connectivity index (χ0v) is 14.2. The minimum absolute atomic E-state index is 0.0904. The number of alkyl halides is 3. The van der Waals surface area contributed by atoms with E-state index in [1.165, 1.54) is 23.1 Å². The molecular formula is C15H19F3N2O3S. The van der Waals surface area contributed by atoms with E-state index < -0.39 is 20.2 Å². The van der Waals surface area contributed by atoms with Crippen molar-refractivity contribution in [3.63, 3.8) is 0 Å². The second-order valence-corrected chi connectivity index (χ2v) is 7.98. The van der Waals surface area contributed by atoms with Gasteiger partial charge in [0.15, 0.2) is 0 Å². The van der Waals surface area contributed by atoms with Gasteiger partial charge in [-0.25, -0.2) is 8.42 Å². The highest BCUT2D eigenvalue weighted by Crippen LogP contribution is 2.36. The van der Waals surface area contributed by atoms with E-state index in [4.69, 9.17) is 0 Å². The quantitative estimate of drug-likeness (QED) is 0.823. The van der Waals surface area contributed by atoms with E-state index in [-0.39, 0.29) is 30.6 Å². The molecule has 0 bridgehead atoms. The van der Waals surface area contributed by atoms with Crippen molar-refractivity contribution < 1.29 is 26.4 Å². The summed E-state index contributed by atoms with van der Waals surface area (Å²) >= 11 is 0. The van der Waals surface area contributed by atoms with Crippen LogP contribution in [0, 0.1) is 5.92 Å². The minimum Gasteiger partial charge on any atom is -0.359 e. The van der Waals surface area contributed by atoms with Gasteiger partial charge in [0, 0.05) is 19.6 Å². The first-order valence-electron chi connectivity index (χ1n) is 7.47. The molecule has 5 nitrogen and oxygen atoms in total. The number of hydrogen-bond donors (Lipinski definition) is 0. The van der Waals surface area contributed by atoms with Crippen LogP contribution in [-0.4, -0.2) is 50.9 Å². The maximum Gasteiger partial charge on any atom is 0.501 e. The van der Waals surface area contributed by atoms with Crippen LogP contribution in [0.1, 0.15) is 13.8 Å². The zero-order valence-electron chi connectivity index (χ0n) is 13.4. The van der Waals surface area contributed by atoms with Gasteiger partial charge in [-0.15, -0.1) is 0 Å². The van der Waals surface area contributed by atoms with Gasteiger partial charge in [-0.3, -0.25) is 4.79 Å². The van der Waals surface area contributed by atoms with Gasteiger partial charge in [0.25, 0.3) is 9.84 Å². The van der Waals surface area contributed by atoms with E-state index in [0.717, 1.165) is 6.07 Å². The Kier molecular flexibility index (Phi) is 5.12.